The Morgan fingerprint density at radius 3 is 2.77 bits per heavy atom. The zero-order chi connectivity index (χ0) is 18.8. The van der Waals surface area contributed by atoms with Crippen LogP contribution in [0.25, 0.3) is 11.4 Å². The summed E-state index contributed by atoms with van der Waals surface area (Å²) in [6.45, 7) is 0. The Bertz CT molecular complexity index is 989. The maximum Gasteiger partial charge on any atom is 0.335 e. The van der Waals surface area contributed by atoms with Crippen molar-refractivity contribution >= 4 is 38.8 Å². The third-order valence-corrected chi connectivity index (χ3v) is 4.14. The summed E-state index contributed by atoms with van der Waals surface area (Å²) in [6, 6.07) is 5.28. The molecule has 3 N–H and O–H groups in total. The van der Waals surface area contributed by atoms with Crippen LogP contribution in [-0.2, 0) is 7.05 Å². The number of rotatable bonds is 5. The summed E-state index contributed by atoms with van der Waals surface area (Å²) in [5.74, 6) is 0.716. The van der Waals surface area contributed by atoms with Crippen LogP contribution in [0, 0.1) is 10.1 Å². The van der Waals surface area contributed by atoms with Gasteiger partial charge >= 0.3 is 5.69 Å². The predicted molar refractivity (Wildman–Crippen MR) is 99.3 cm³/mol. The monoisotopic (exact) mass is 419 g/mol. The lowest BCUT2D eigenvalue weighted by Crippen LogP contribution is -2.05. The number of halogens is 1. The molecule has 2 heterocycles. The first kappa shape index (κ1) is 17.6. The molecular formula is C15H14BrN7O3. The first-order valence-corrected chi connectivity index (χ1v) is 8.10. The van der Waals surface area contributed by atoms with Gasteiger partial charge in [0, 0.05) is 13.2 Å². The molecule has 10 nitrogen and oxygen atoms in total. The van der Waals surface area contributed by atoms with Crippen LogP contribution >= 0.6 is 15.9 Å². The van der Waals surface area contributed by atoms with Crippen molar-refractivity contribution in [2.75, 3.05) is 18.2 Å². The largest absolute Gasteiger partial charge is 0.494 e. The van der Waals surface area contributed by atoms with E-state index in [0.29, 0.717) is 27.3 Å². The van der Waals surface area contributed by atoms with Gasteiger partial charge in [-0.15, -0.1) is 0 Å². The van der Waals surface area contributed by atoms with Crippen molar-refractivity contribution in [2.45, 2.75) is 0 Å². The maximum absolute atomic E-state index is 11.4. The van der Waals surface area contributed by atoms with Crippen LogP contribution < -0.4 is 15.8 Å². The highest BCUT2D eigenvalue weighted by Crippen LogP contribution is 2.42. The van der Waals surface area contributed by atoms with E-state index in [0.717, 1.165) is 0 Å². The quantitative estimate of drug-likeness (QED) is 0.475. The molecule has 0 aliphatic carbocycles. The highest BCUT2D eigenvalue weighted by molar-refractivity contribution is 9.10. The van der Waals surface area contributed by atoms with Crippen molar-refractivity contribution in [3.63, 3.8) is 0 Å². The molecule has 134 valence electrons. The van der Waals surface area contributed by atoms with E-state index in [9.17, 15) is 10.1 Å². The molecule has 0 saturated carbocycles. The SMILES string of the molecule is COc1c(Nc2c(Br)cnc(N)c2[N+](=O)[O-])cccc1-c1ncn(C)n1. The lowest BCUT2D eigenvalue weighted by atomic mass is 10.1. The molecule has 0 radical (unpaired) electrons. The maximum atomic E-state index is 11.4. The van der Waals surface area contributed by atoms with Crippen molar-refractivity contribution in [3.8, 4) is 17.1 Å². The number of nitro groups is 1. The fraction of sp³-hybridized carbons (Fsp3) is 0.133. The molecule has 1 aromatic carbocycles. The van der Waals surface area contributed by atoms with E-state index in [2.05, 4.69) is 36.3 Å². The lowest BCUT2D eigenvalue weighted by molar-refractivity contribution is -0.383. The van der Waals surface area contributed by atoms with Crippen LogP contribution in [-0.4, -0.2) is 31.8 Å². The number of nitrogens with two attached hydrogens (primary N) is 1. The van der Waals surface area contributed by atoms with E-state index in [1.165, 1.54) is 13.3 Å². The van der Waals surface area contributed by atoms with Crippen molar-refractivity contribution < 1.29 is 9.66 Å². The predicted octanol–water partition coefficient (Wildman–Crippen LogP) is 2.88. The molecule has 0 saturated heterocycles. The van der Waals surface area contributed by atoms with Crippen molar-refractivity contribution in [1.29, 1.82) is 0 Å². The minimum absolute atomic E-state index is 0.173. The van der Waals surface area contributed by atoms with Gasteiger partial charge in [0.15, 0.2) is 11.6 Å². The number of aryl methyl sites for hydroxylation is 1. The molecule has 0 atom stereocenters. The van der Waals surface area contributed by atoms with Gasteiger partial charge in [0.2, 0.25) is 5.82 Å². The Morgan fingerprint density at radius 1 is 1.38 bits per heavy atom. The number of hydrogen-bond acceptors (Lipinski definition) is 8. The van der Waals surface area contributed by atoms with Crippen molar-refractivity contribution in [3.05, 3.63) is 45.3 Å². The van der Waals surface area contributed by atoms with Crippen LogP contribution in [0.5, 0.6) is 5.75 Å². The Kier molecular flexibility index (Phi) is 4.71. The summed E-state index contributed by atoms with van der Waals surface area (Å²) in [7, 11) is 3.25. The second kappa shape index (κ2) is 6.96. The van der Waals surface area contributed by atoms with Gasteiger partial charge in [0.1, 0.15) is 12.0 Å². The average Bonchev–Trinajstić information content (AvgIpc) is 3.04. The standard InChI is InChI=1S/C15H14BrN7O3/c1-22-7-19-15(21-22)8-4-3-5-10(13(8)26-2)20-11-9(16)6-18-14(17)12(11)23(24)25/h3-7H,1-2H3,(H3,17,18,20). The van der Waals surface area contributed by atoms with Gasteiger partial charge < -0.3 is 15.8 Å². The van der Waals surface area contributed by atoms with Crippen molar-refractivity contribution in [2.24, 2.45) is 7.05 Å². The molecule has 11 heteroatoms. The Hall–Kier alpha value is -3.21. The topological polar surface area (TPSA) is 134 Å². The van der Waals surface area contributed by atoms with E-state index < -0.39 is 4.92 Å². The van der Waals surface area contributed by atoms with E-state index in [1.807, 2.05) is 0 Å². The number of nitrogens with one attached hydrogen (secondary N) is 1. The first-order chi connectivity index (χ1) is 12.4. The third-order valence-electron chi connectivity index (χ3n) is 3.54. The van der Waals surface area contributed by atoms with E-state index in [-0.39, 0.29) is 17.2 Å². The second-order valence-corrected chi connectivity index (χ2v) is 6.08. The van der Waals surface area contributed by atoms with Crippen LogP contribution in [0.1, 0.15) is 0 Å². The molecule has 3 aromatic rings. The average molecular weight is 420 g/mol. The number of hydrogen-bond donors (Lipinski definition) is 2. The van der Waals surface area contributed by atoms with E-state index in [1.54, 1.807) is 36.3 Å². The molecule has 2 aromatic heterocycles. The summed E-state index contributed by atoms with van der Waals surface area (Å²) in [4.78, 5) is 18.8. The zero-order valence-corrected chi connectivity index (χ0v) is 15.4. The van der Waals surface area contributed by atoms with Gasteiger partial charge in [-0.05, 0) is 28.1 Å². The minimum Gasteiger partial charge on any atom is -0.494 e. The molecule has 26 heavy (non-hydrogen) atoms. The molecule has 3 rings (SSSR count). The van der Waals surface area contributed by atoms with Crippen LogP contribution in [0.3, 0.4) is 0 Å². The number of benzene rings is 1. The molecule has 0 aliphatic heterocycles. The number of nitrogens with zero attached hydrogens (tertiary/aromatic N) is 5. The molecular weight excluding hydrogens is 406 g/mol. The normalized spacial score (nSPS) is 10.6. The summed E-state index contributed by atoms with van der Waals surface area (Å²) in [5, 5.41) is 18.7. The molecule has 0 spiro atoms. The Labute approximate surface area is 156 Å². The Morgan fingerprint density at radius 2 is 2.15 bits per heavy atom. The van der Waals surface area contributed by atoms with Crippen LogP contribution in [0.4, 0.5) is 22.9 Å². The molecule has 0 amide bonds. The van der Waals surface area contributed by atoms with Gasteiger partial charge in [0.25, 0.3) is 0 Å². The number of para-hydroxylation sites is 1. The van der Waals surface area contributed by atoms with Gasteiger partial charge in [-0.3, -0.25) is 14.8 Å². The number of ether oxygens (including phenoxy) is 1. The van der Waals surface area contributed by atoms with E-state index in [4.69, 9.17) is 10.5 Å². The molecule has 0 bridgehead atoms. The summed E-state index contributed by atoms with van der Waals surface area (Å²) < 4.78 is 7.46. The van der Waals surface area contributed by atoms with E-state index >= 15 is 0 Å². The van der Waals surface area contributed by atoms with Crippen molar-refractivity contribution in [1.82, 2.24) is 19.7 Å². The molecule has 0 aliphatic rings. The summed E-state index contributed by atoms with van der Waals surface area (Å²) in [5.41, 5.74) is 6.64. The van der Waals surface area contributed by atoms with Crippen LogP contribution in [0.15, 0.2) is 35.2 Å². The molecule has 0 fully saturated rings. The number of pyridine rings is 1. The summed E-state index contributed by atoms with van der Waals surface area (Å²) >= 11 is 3.27. The minimum atomic E-state index is -0.591. The van der Waals surface area contributed by atoms with Crippen LogP contribution in [0.2, 0.25) is 0 Å². The Balaban J connectivity index is 2.13. The fourth-order valence-electron chi connectivity index (χ4n) is 2.43. The number of nitrogen functional groups attached to an aromatic ring is 1. The number of aromatic nitrogens is 4. The third kappa shape index (κ3) is 3.16. The number of anilines is 3. The smallest absolute Gasteiger partial charge is 0.335 e. The fourth-order valence-corrected chi connectivity index (χ4v) is 2.81. The highest BCUT2D eigenvalue weighted by atomic mass is 79.9. The van der Waals surface area contributed by atoms with Gasteiger partial charge in [-0.25, -0.2) is 9.97 Å². The number of methoxy groups -OCH3 is 1. The first-order valence-electron chi connectivity index (χ1n) is 7.30. The molecule has 0 unspecified atom stereocenters. The van der Waals surface area contributed by atoms with Gasteiger partial charge in [-0.2, -0.15) is 5.10 Å². The highest BCUT2D eigenvalue weighted by Gasteiger charge is 2.24. The zero-order valence-electron chi connectivity index (χ0n) is 13.8. The summed E-state index contributed by atoms with van der Waals surface area (Å²) in [6.07, 6.45) is 2.96. The van der Waals surface area contributed by atoms with Gasteiger partial charge in [-0.1, -0.05) is 6.07 Å². The van der Waals surface area contributed by atoms with Gasteiger partial charge in [0.05, 0.1) is 27.8 Å². The lowest BCUT2D eigenvalue weighted by Gasteiger charge is -2.15. The second-order valence-electron chi connectivity index (χ2n) is 5.23.